The number of ether oxygens (including phenoxy) is 3. The number of hydrogen-bond acceptors (Lipinski definition) is 8. The van der Waals surface area contributed by atoms with E-state index < -0.39 is 35.2 Å². The molecule has 0 bridgehead atoms. The molecule has 0 saturated carbocycles. The minimum absolute atomic E-state index is 0.128. The molecule has 0 aliphatic heterocycles. The molecule has 0 atom stereocenters. The topological polar surface area (TPSA) is 143 Å². The van der Waals surface area contributed by atoms with Crippen LogP contribution in [0.3, 0.4) is 0 Å². The zero-order valence-electron chi connectivity index (χ0n) is 15.7. The zero-order valence-corrected chi connectivity index (χ0v) is 15.7. The predicted octanol–water partition coefficient (Wildman–Crippen LogP) is 0.586. The molecule has 2 aromatic rings. The summed E-state index contributed by atoms with van der Waals surface area (Å²) in [5.74, 6) is -1.14. The molecule has 3 N–H and O–H groups in total. The van der Waals surface area contributed by atoms with Gasteiger partial charge in [0.1, 0.15) is 11.4 Å². The molecule has 0 radical (unpaired) electrons. The number of H-pyrrole nitrogens is 1. The fraction of sp³-hybridized carbons (Fsp3) is 0.333. The van der Waals surface area contributed by atoms with Crippen LogP contribution in [-0.4, -0.2) is 42.1 Å². The number of anilines is 1. The molecule has 1 aromatic carbocycles. The van der Waals surface area contributed by atoms with Crippen LogP contribution in [0.5, 0.6) is 11.5 Å². The second-order valence-electron chi connectivity index (χ2n) is 5.74. The Labute approximate surface area is 159 Å². The van der Waals surface area contributed by atoms with Crippen molar-refractivity contribution in [2.75, 3.05) is 26.6 Å². The van der Waals surface area contributed by atoms with Crippen molar-refractivity contribution in [2.45, 2.75) is 19.9 Å². The molecular weight excluding hydrogens is 370 g/mol. The smallest absolute Gasteiger partial charge is 0.338 e. The summed E-state index contributed by atoms with van der Waals surface area (Å²) in [7, 11) is 2.87. The van der Waals surface area contributed by atoms with Gasteiger partial charge in [0.25, 0.3) is 5.56 Å². The number of ketones is 1. The third-order valence-corrected chi connectivity index (χ3v) is 3.92. The van der Waals surface area contributed by atoms with Crippen LogP contribution < -0.4 is 26.5 Å². The quantitative estimate of drug-likeness (QED) is 0.491. The normalized spacial score (nSPS) is 10.4. The van der Waals surface area contributed by atoms with Crippen molar-refractivity contribution < 1.29 is 23.8 Å². The van der Waals surface area contributed by atoms with E-state index in [1.807, 2.05) is 11.9 Å². The molecule has 0 aliphatic carbocycles. The lowest BCUT2D eigenvalue weighted by Gasteiger charge is -2.12. The second kappa shape index (κ2) is 8.89. The maximum Gasteiger partial charge on any atom is 0.338 e. The fourth-order valence-electron chi connectivity index (χ4n) is 2.55. The van der Waals surface area contributed by atoms with Gasteiger partial charge < -0.3 is 19.9 Å². The Morgan fingerprint density at radius 1 is 1.14 bits per heavy atom. The first-order valence-corrected chi connectivity index (χ1v) is 8.38. The number of aromatic nitrogens is 2. The van der Waals surface area contributed by atoms with Crippen molar-refractivity contribution >= 4 is 17.6 Å². The number of methoxy groups -OCH3 is 2. The lowest BCUT2D eigenvalue weighted by atomic mass is 10.2. The van der Waals surface area contributed by atoms with Gasteiger partial charge in [0, 0.05) is 6.54 Å². The molecule has 2 rings (SSSR count). The first-order valence-electron chi connectivity index (χ1n) is 8.38. The number of hydrogen-bond donors (Lipinski definition) is 2. The first kappa shape index (κ1) is 20.7. The van der Waals surface area contributed by atoms with E-state index in [0.717, 1.165) is 4.57 Å². The van der Waals surface area contributed by atoms with Crippen LogP contribution in [0, 0.1) is 0 Å². The van der Waals surface area contributed by atoms with Crippen LogP contribution in [0.4, 0.5) is 5.82 Å². The van der Waals surface area contributed by atoms with E-state index in [9.17, 15) is 19.2 Å². The summed E-state index contributed by atoms with van der Waals surface area (Å²) < 4.78 is 16.3. The van der Waals surface area contributed by atoms with Crippen molar-refractivity contribution in [1.29, 1.82) is 0 Å². The van der Waals surface area contributed by atoms with Crippen molar-refractivity contribution in [3.8, 4) is 11.5 Å². The van der Waals surface area contributed by atoms with E-state index in [0.29, 0.717) is 17.9 Å². The van der Waals surface area contributed by atoms with E-state index in [1.54, 1.807) is 0 Å². The molecule has 0 spiro atoms. The Kier molecular flexibility index (Phi) is 6.59. The number of carbonyl (C=O) groups is 2. The number of benzene rings is 1. The highest BCUT2D eigenvalue weighted by Gasteiger charge is 2.21. The summed E-state index contributed by atoms with van der Waals surface area (Å²) >= 11 is 0. The maximum atomic E-state index is 12.4. The number of esters is 1. The number of rotatable bonds is 8. The molecule has 0 saturated heterocycles. The molecular formula is C18H21N3O7. The Morgan fingerprint density at radius 2 is 1.82 bits per heavy atom. The third kappa shape index (κ3) is 4.22. The van der Waals surface area contributed by atoms with Gasteiger partial charge >= 0.3 is 11.7 Å². The third-order valence-electron chi connectivity index (χ3n) is 3.92. The van der Waals surface area contributed by atoms with Gasteiger partial charge in [-0.3, -0.25) is 19.1 Å². The minimum atomic E-state index is -0.929. The Morgan fingerprint density at radius 3 is 2.43 bits per heavy atom. The monoisotopic (exact) mass is 391 g/mol. The van der Waals surface area contributed by atoms with Crippen molar-refractivity contribution in [1.82, 2.24) is 9.55 Å². The SMILES string of the molecule is CCCn1c(N)c(C(=O)COC(=O)c2ccc(OC)c(OC)c2)c(=O)[nH]c1=O. The summed E-state index contributed by atoms with van der Waals surface area (Å²) in [4.78, 5) is 50.4. The van der Waals surface area contributed by atoms with Crippen LogP contribution in [0.15, 0.2) is 27.8 Å². The molecule has 1 heterocycles. The standard InChI is InChI=1S/C18H21N3O7/c1-4-7-21-15(19)14(16(23)20-18(21)25)11(22)9-28-17(24)10-5-6-12(26-2)13(8-10)27-3/h5-6,8H,4,7,9,19H2,1-3H3,(H,20,23,25). The van der Waals surface area contributed by atoms with Gasteiger partial charge in [-0.2, -0.15) is 0 Å². The van der Waals surface area contributed by atoms with Gasteiger partial charge in [0.05, 0.1) is 19.8 Å². The zero-order chi connectivity index (χ0) is 20.8. The molecule has 28 heavy (non-hydrogen) atoms. The molecule has 0 aliphatic rings. The van der Waals surface area contributed by atoms with Crippen molar-refractivity contribution in [2.24, 2.45) is 0 Å². The summed E-state index contributed by atoms with van der Waals surface area (Å²) in [5, 5.41) is 0. The summed E-state index contributed by atoms with van der Waals surface area (Å²) in [6.07, 6.45) is 0.568. The highest BCUT2D eigenvalue weighted by Crippen LogP contribution is 2.27. The number of aromatic amines is 1. The van der Waals surface area contributed by atoms with Gasteiger partial charge in [0.15, 0.2) is 18.1 Å². The fourth-order valence-corrected chi connectivity index (χ4v) is 2.55. The number of Topliss-reactive ketones (excluding diaryl/α,β-unsaturated/α-hetero) is 1. The van der Waals surface area contributed by atoms with Crippen LogP contribution >= 0.6 is 0 Å². The average Bonchev–Trinajstić information content (AvgIpc) is 2.68. The highest BCUT2D eigenvalue weighted by molar-refractivity contribution is 6.02. The average molecular weight is 391 g/mol. The van der Waals surface area contributed by atoms with E-state index in [4.69, 9.17) is 19.9 Å². The lowest BCUT2D eigenvalue weighted by Crippen LogP contribution is -2.37. The van der Waals surface area contributed by atoms with Gasteiger partial charge in [-0.1, -0.05) is 6.92 Å². The van der Waals surface area contributed by atoms with E-state index in [1.165, 1.54) is 32.4 Å². The Bertz CT molecular complexity index is 1010. The summed E-state index contributed by atoms with van der Waals surface area (Å²) in [6.45, 7) is 1.32. The number of nitrogens with zero attached hydrogens (tertiary/aromatic N) is 1. The van der Waals surface area contributed by atoms with E-state index >= 15 is 0 Å². The first-order chi connectivity index (χ1) is 13.3. The molecule has 10 nitrogen and oxygen atoms in total. The van der Waals surface area contributed by atoms with Crippen LogP contribution in [0.25, 0.3) is 0 Å². The van der Waals surface area contributed by atoms with Crippen LogP contribution in [-0.2, 0) is 11.3 Å². The number of nitrogens with one attached hydrogen (secondary N) is 1. The van der Waals surface area contributed by atoms with Gasteiger partial charge in [0.2, 0.25) is 5.78 Å². The second-order valence-corrected chi connectivity index (χ2v) is 5.74. The van der Waals surface area contributed by atoms with Gasteiger partial charge in [-0.15, -0.1) is 0 Å². The number of carbonyl (C=O) groups excluding carboxylic acids is 2. The molecule has 0 fully saturated rings. The van der Waals surface area contributed by atoms with E-state index in [2.05, 4.69) is 0 Å². The van der Waals surface area contributed by atoms with Gasteiger partial charge in [-0.05, 0) is 24.6 Å². The van der Waals surface area contributed by atoms with Crippen LogP contribution in [0.2, 0.25) is 0 Å². The number of nitrogen functional groups attached to an aromatic ring is 1. The van der Waals surface area contributed by atoms with Gasteiger partial charge in [-0.25, -0.2) is 9.59 Å². The summed E-state index contributed by atoms with van der Waals surface area (Å²) in [5.41, 5.74) is 3.88. The predicted molar refractivity (Wildman–Crippen MR) is 100 cm³/mol. The Balaban J connectivity index is 2.21. The molecule has 10 heteroatoms. The van der Waals surface area contributed by atoms with Crippen molar-refractivity contribution in [3.05, 3.63) is 50.2 Å². The van der Waals surface area contributed by atoms with E-state index in [-0.39, 0.29) is 17.9 Å². The number of nitrogens with two attached hydrogens (primary N) is 1. The summed E-state index contributed by atoms with van der Waals surface area (Å²) in [6, 6.07) is 4.35. The molecule has 1 aromatic heterocycles. The minimum Gasteiger partial charge on any atom is -0.493 e. The molecule has 150 valence electrons. The maximum absolute atomic E-state index is 12.4. The Hall–Kier alpha value is -3.56. The van der Waals surface area contributed by atoms with Crippen LogP contribution in [0.1, 0.15) is 34.1 Å². The van der Waals surface area contributed by atoms with Crippen molar-refractivity contribution in [3.63, 3.8) is 0 Å². The molecule has 0 unspecified atom stereocenters. The molecule has 0 amide bonds. The lowest BCUT2D eigenvalue weighted by molar-refractivity contribution is 0.0474. The highest BCUT2D eigenvalue weighted by atomic mass is 16.5. The largest absolute Gasteiger partial charge is 0.493 e.